The SMILES string of the molecule is C=CCCOCCNc1cccc(F)c1N. The number of para-hydroxylation sites is 1. The molecule has 0 radical (unpaired) electrons. The molecule has 3 nitrogen and oxygen atoms in total. The van der Waals surface area contributed by atoms with Gasteiger partial charge in [0.05, 0.1) is 24.6 Å². The third kappa shape index (κ3) is 3.90. The lowest BCUT2D eigenvalue weighted by atomic mass is 10.2. The van der Waals surface area contributed by atoms with Crippen molar-refractivity contribution in [2.45, 2.75) is 6.42 Å². The van der Waals surface area contributed by atoms with E-state index < -0.39 is 5.82 Å². The lowest BCUT2D eigenvalue weighted by molar-refractivity contribution is 0.149. The third-order valence-electron chi connectivity index (χ3n) is 2.08. The molecule has 0 aromatic heterocycles. The summed E-state index contributed by atoms with van der Waals surface area (Å²) in [6, 6.07) is 4.69. The average molecular weight is 224 g/mol. The summed E-state index contributed by atoms with van der Waals surface area (Å²) >= 11 is 0. The second kappa shape index (κ2) is 6.85. The molecule has 0 spiro atoms. The Morgan fingerprint density at radius 2 is 2.25 bits per heavy atom. The van der Waals surface area contributed by atoms with Gasteiger partial charge in [0.15, 0.2) is 0 Å². The van der Waals surface area contributed by atoms with Crippen LogP contribution in [0.25, 0.3) is 0 Å². The quantitative estimate of drug-likeness (QED) is 0.425. The van der Waals surface area contributed by atoms with Crippen LogP contribution < -0.4 is 11.1 Å². The molecule has 4 heteroatoms. The van der Waals surface area contributed by atoms with Crippen molar-refractivity contribution in [3.63, 3.8) is 0 Å². The number of hydrogen-bond donors (Lipinski definition) is 2. The minimum Gasteiger partial charge on any atom is -0.395 e. The molecular formula is C12H17FN2O. The van der Waals surface area contributed by atoms with E-state index in [9.17, 15) is 4.39 Å². The number of nitrogen functional groups attached to an aromatic ring is 1. The number of benzene rings is 1. The summed E-state index contributed by atoms with van der Waals surface area (Å²) in [5.41, 5.74) is 6.30. The van der Waals surface area contributed by atoms with Crippen LogP contribution in [0.15, 0.2) is 30.9 Å². The minimum atomic E-state index is -0.405. The van der Waals surface area contributed by atoms with Gasteiger partial charge in [0.1, 0.15) is 5.82 Å². The summed E-state index contributed by atoms with van der Waals surface area (Å²) in [7, 11) is 0. The van der Waals surface area contributed by atoms with Crippen molar-refractivity contribution in [2.75, 3.05) is 30.8 Å². The molecule has 0 atom stereocenters. The van der Waals surface area contributed by atoms with Gasteiger partial charge >= 0.3 is 0 Å². The molecule has 1 rings (SSSR count). The Morgan fingerprint density at radius 3 is 3.00 bits per heavy atom. The van der Waals surface area contributed by atoms with Gasteiger partial charge < -0.3 is 15.8 Å². The number of anilines is 2. The molecule has 0 fully saturated rings. The zero-order valence-electron chi connectivity index (χ0n) is 9.21. The summed E-state index contributed by atoms with van der Waals surface area (Å²) in [5, 5.41) is 3.01. The van der Waals surface area contributed by atoms with Crippen molar-refractivity contribution in [1.29, 1.82) is 0 Å². The molecular weight excluding hydrogens is 207 g/mol. The molecule has 16 heavy (non-hydrogen) atoms. The highest BCUT2D eigenvalue weighted by Crippen LogP contribution is 2.20. The summed E-state index contributed by atoms with van der Waals surface area (Å²) in [6.45, 7) is 5.41. The van der Waals surface area contributed by atoms with Crippen molar-refractivity contribution in [3.8, 4) is 0 Å². The van der Waals surface area contributed by atoms with E-state index in [1.165, 1.54) is 6.07 Å². The van der Waals surface area contributed by atoms with E-state index >= 15 is 0 Å². The van der Waals surface area contributed by atoms with Crippen LogP contribution in [0.3, 0.4) is 0 Å². The Balaban J connectivity index is 2.26. The topological polar surface area (TPSA) is 47.3 Å². The van der Waals surface area contributed by atoms with Crippen molar-refractivity contribution in [2.24, 2.45) is 0 Å². The summed E-state index contributed by atoms with van der Waals surface area (Å²) in [5.74, 6) is -0.405. The summed E-state index contributed by atoms with van der Waals surface area (Å²) in [6.07, 6.45) is 2.64. The van der Waals surface area contributed by atoms with E-state index in [1.54, 1.807) is 18.2 Å². The van der Waals surface area contributed by atoms with Crippen molar-refractivity contribution >= 4 is 11.4 Å². The van der Waals surface area contributed by atoms with Gasteiger partial charge in [-0.2, -0.15) is 0 Å². The number of hydrogen-bond acceptors (Lipinski definition) is 3. The Labute approximate surface area is 95.1 Å². The molecule has 0 saturated heterocycles. The fourth-order valence-corrected chi connectivity index (χ4v) is 1.22. The number of nitrogens with one attached hydrogen (secondary N) is 1. The third-order valence-corrected chi connectivity index (χ3v) is 2.08. The summed E-state index contributed by atoms with van der Waals surface area (Å²) in [4.78, 5) is 0. The van der Waals surface area contributed by atoms with Gasteiger partial charge in [-0.3, -0.25) is 0 Å². The second-order valence-corrected chi connectivity index (χ2v) is 3.32. The molecule has 0 aliphatic heterocycles. The Bertz CT molecular complexity index is 342. The van der Waals surface area contributed by atoms with Crippen LogP contribution in [0.1, 0.15) is 6.42 Å². The lowest BCUT2D eigenvalue weighted by Gasteiger charge is -2.09. The first-order chi connectivity index (χ1) is 7.75. The number of halogens is 1. The first-order valence-electron chi connectivity index (χ1n) is 5.22. The Morgan fingerprint density at radius 1 is 1.44 bits per heavy atom. The molecule has 88 valence electrons. The minimum absolute atomic E-state index is 0.147. The highest BCUT2D eigenvalue weighted by molar-refractivity contribution is 5.66. The maximum Gasteiger partial charge on any atom is 0.148 e. The predicted octanol–water partition coefficient (Wildman–Crippen LogP) is 2.41. The fraction of sp³-hybridized carbons (Fsp3) is 0.333. The molecule has 1 aromatic carbocycles. The van der Waals surface area contributed by atoms with E-state index in [2.05, 4.69) is 11.9 Å². The molecule has 0 heterocycles. The standard InChI is InChI=1S/C12H17FN2O/c1-2-3-8-16-9-7-15-11-6-4-5-10(13)12(11)14/h2,4-6,15H,1,3,7-9,14H2. The van der Waals surface area contributed by atoms with E-state index in [0.717, 1.165) is 6.42 Å². The largest absolute Gasteiger partial charge is 0.395 e. The van der Waals surface area contributed by atoms with E-state index in [0.29, 0.717) is 25.4 Å². The van der Waals surface area contributed by atoms with Crippen LogP contribution in [-0.4, -0.2) is 19.8 Å². The number of nitrogens with two attached hydrogens (primary N) is 1. The van der Waals surface area contributed by atoms with E-state index in [4.69, 9.17) is 10.5 Å². The average Bonchev–Trinajstić information content (AvgIpc) is 2.29. The molecule has 0 bridgehead atoms. The van der Waals surface area contributed by atoms with E-state index in [1.807, 2.05) is 0 Å². The van der Waals surface area contributed by atoms with Crippen LogP contribution in [0.4, 0.5) is 15.8 Å². The first-order valence-corrected chi connectivity index (χ1v) is 5.22. The monoisotopic (exact) mass is 224 g/mol. The van der Waals surface area contributed by atoms with Crippen molar-refractivity contribution in [1.82, 2.24) is 0 Å². The molecule has 1 aromatic rings. The van der Waals surface area contributed by atoms with Crippen LogP contribution in [0.5, 0.6) is 0 Å². The maximum atomic E-state index is 13.0. The lowest BCUT2D eigenvalue weighted by Crippen LogP contribution is -2.11. The van der Waals surface area contributed by atoms with Gasteiger partial charge in [-0.05, 0) is 18.6 Å². The van der Waals surface area contributed by atoms with Gasteiger partial charge in [0.25, 0.3) is 0 Å². The van der Waals surface area contributed by atoms with Crippen molar-refractivity contribution in [3.05, 3.63) is 36.7 Å². The molecule has 0 amide bonds. The molecule has 0 saturated carbocycles. The van der Waals surface area contributed by atoms with Crippen LogP contribution in [0.2, 0.25) is 0 Å². The highest BCUT2D eigenvalue weighted by Gasteiger charge is 2.02. The first kappa shape index (κ1) is 12.5. The molecule has 0 aliphatic rings. The second-order valence-electron chi connectivity index (χ2n) is 3.32. The zero-order chi connectivity index (χ0) is 11.8. The Hall–Kier alpha value is -1.55. The van der Waals surface area contributed by atoms with Crippen molar-refractivity contribution < 1.29 is 9.13 Å². The van der Waals surface area contributed by atoms with Gasteiger partial charge in [-0.25, -0.2) is 4.39 Å². The Kier molecular flexibility index (Phi) is 5.36. The molecule has 0 aliphatic carbocycles. The smallest absolute Gasteiger partial charge is 0.148 e. The fourth-order valence-electron chi connectivity index (χ4n) is 1.22. The van der Waals surface area contributed by atoms with Crippen LogP contribution in [-0.2, 0) is 4.74 Å². The maximum absolute atomic E-state index is 13.0. The van der Waals surface area contributed by atoms with Crippen LogP contribution >= 0.6 is 0 Å². The summed E-state index contributed by atoms with van der Waals surface area (Å²) < 4.78 is 18.3. The zero-order valence-corrected chi connectivity index (χ0v) is 9.21. The number of ether oxygens (including phenoxy) is 1. The van der Waals surface area contributed by atoms with Crippen LogP contribution in [0, 0.1) is 5.82 Å². The normalized spacial score (nSPS) is 10.1. The predicted molar refractivity (Wildman–Crippen MR) is 64.9 cm³/mol. The number of rotatable bonds is 7. The van der Waals surface area contributed by atoms with E-state index in [-0.39, 0.29) is 5.69 Å². The van der Waals surface area contributed by atoms with Gasteiger partial charge in [0.2, 0.25) is 0 Å². The van der Waals surface area contributed by atoms with Gasteiger partial charge in [-0.1, -0.05) is 12.1 Å². The molecule has 3 N–H and O–H groups in total. The van der Waals surface area contributed by atoms with Gasteiger partial charge in [-0.15, -0.1) is 6.58 Å². The van der Waals surface area contributed by atoms with Gasteiger partial charge in [0, 0.05) is 6.54 Å². The highest BCUT2D eigenvalue weighted by atomic mass is 19.1. The molecule has 0 unspecified atom stereocenters.